The molecular weight excluding hydrogens is 270 g/mol. The van der Waals surface area contributed by atoms with Gasteiger partial charge >= 0.3 is 0 Å². The van der Waals surface area contributed by atoms with Crippen LogP contribution in [0.5, 0.6) is 0 Å². The lowest BCUT2D eigenvalue weighted by atomic mass is 9.98. The molecule has 0 bridgehead atoms. The first-order valence-electron chi connectivity index (χ1n) is 7.67. The molecule has 1 saturated heterocycles. The van der Waals surface area contributed by atoms with Gasteiger partial charge in [0.05, 0.1) is 10.7 Å². The van der Waals surface area contributed by atoms with Crippen molar-refractivity contribution in [2.24, 2.45) is 5.73 Å². The van der Waals surface area contributed by atoms with Crippen molar-refractivity contribution in [3.63, 3.8) is 0 Å². The van der Waals surface area contributed by atoms with Crippen molar-refractivity contribution >= 4 is 17.3 Å². The van der Waals surface area contributed by atoms with E-state index in [1.165, 1.54) is 25.7 Å². The minimum atomic E-state index is 0.0760. The Morgan fingerprint density at radius 1 is 1.05 bits per heavy atom. The Balaban J connectivity index is 1.56. The first kappa shape index (κ1) is 14.2. The van der Waals surface area contributed by atoms with Crippen LogP contribution in [0.15, 0.2) is 24.3 Å². The van der Waals surface area contributed by atoms with Gasteiger partial charge in [-0.15, -0.1) is 0 Å². The van der Waals surface area contributed by atoms with Gasteiger partial charge in [-0.1, -0.05) is 36.6 Å². The van der Waals surface area contributed by atoms with E-state index in [2.05, 4.69) is 21.9 Å². The van der Waals surface area contributed by atoms with Gasteiger partial charge in [0.2, 0.25) is 0 Å². The third-order valence-corrected chi connectivity index (χ3v) is 5.02. The van der Waals surface area contributed by atoms with Gasteiger partial charge in [0.1, 0.15) is 0 Å². The summed E-state index contributed by atoms with van der Waals surface area (Å²) < 4.78 is 0. The molecule has 2 N–H and O–H groups in total. The molecule has 2 aliphatic rings. The van der Waals surface area contributed by atoms with Gasteiger partial charge in [-0.25, -0.2) is 0 Å². The van der Waals surface area contributed by atoms with Gasteiger partial charge in [0, 0.05) is 38.3 Å². The van der Waals surface area contributed by atoms with E-state index in [0.29, 0.717) is 0 Å². The van der Waals surface area contributed by atoms with Crippen LogP contribution in [0.4, 0.5) is 5.69 Å². The van der Waals surface area contributed by atoms with Crippen molar-refractivity contribution in [3.05, 3.63) is 29.3 Å². The molecule has 0 unspecified atom stereocenters. The molecule has 4 heteroatoms. The molecule has 1 aromatic carbocycles. The quantitative estimate of drug-likeness (QED) is 0.930. The fourth-order valence-electron chi connectivity index (χ4n) is 3.54. The summed E-state index contributed by atoms with van der Waals surface area (Å²) in [6.07, 6.45) is 4.99. The average molecular weight is 294 g/mol. The lowest BCUT2D eigenvalue weighted by molar-refractivity contribution is 0.199. The Morgan fingerprint density at radius 2 is 1.70 bits per heavy atom. The van der Waals surface area contributed by atoms with E-state index in [4.69, 9.17) is 17.3 Å². The summed E-state index contributed by atoms with van der Waals surface area (Å²) >= 11 is 6.28. The van der Waals surface area contributed by atoms with Gasteiger partial charge < -0.3 is 10.6 Å². The zero-order valence-electron chi connectivity index (χ0n) is 12.0. The number of nitrogens with zero attached hydrogens (tertiary/aromatic N) is 2. The topological polar surface area (TPSA) is 32.5 Å². The van der Waals surface area contributed by atoms with E-state index in [-0.39, 0.29) is 5.54 Å². The summed E-state index contributed by atoms with van der Waals surface area (Å²) in [5, 5.41) is 0.854. The molecule has 1 aliphatic carbocycles. The van der Waals surface area contributed by atoms with Crippen LogP contribution in [0.1, 0.15) is 25.7 Å². The molecule has 1 saturated carbocycles. The summed E-state index contributed by atoms with van der Waals surface area (Å²) in [5.74, 6) is 0. The van der Waals surface area contributed by atoms with Crippen molar-refractivity contribution in [2.45, 2.75) is 31.2 Å². The van der Waals surface area contributed by atoms with Crippen molar-refractivity contribution in [3.8, 4) is 0 Å². The number of rotatable bonds is 3. The van der Waals surface area contributed by atoms with Crippen LogP contribution >= 0.6 is 11.6 Å². The molecule has 0 radical (unpaired) electrons. The SMILES string of the molecule is NC1(CN2CCN(c3ccccc3Cl)CC2)CCCC1. The van der Waals surface area contributed by atoms with Gasteiger partial charge in [0.25, 0.3) is 0 Å². The summed E-state index contributed by atoms with van der Waals surface area (Å²) in [7, 11) is 0. The Morgan fingerprint density at radius 3 is 2.35 bits per heavy atom. The number of nitrogens with two attached hydrogens (primary N) is 1. The number of para-hydroxylation sites is 1. The Kier molecular flexibility index (Phi) is 4.20. The smallest absolute Gasteiger partial charge is 0.0639 e. The van der Waals surface area contributed by atoms with Crippen LogP contribution in [0.25, 0.3) is 0 Å². The first-order chi connectivity index (χ1) is 9.66. The highest BCUT2D eigenvalue weighted by Crippen LogP contribution is 2.29. The number of hydrogen-bond acceptors (Lipinski definition) is 3. The number of halogens is 1. The highest BCUT2D eigenvalue weighted by Gasteiger charge is 2.32. The maximum absolute atomic E-state index is 6.48. The predicted octanol–water partition coefficient (Wildman–Crippen LogP) is 2.73. The first-order valence-corrected chi connectivity index (χ1v) is 8.05. The predicted molar refractivity (Wildman–Crippen MR) is 85.5 cm³/mol. The number of benzene rings is 1. The summed E-state index contributed by atoms with van der Waals surface area (Å²) in [6, 6.07) is 8.12. The van der Waals surface area contributed by atoms with E-state index in [0.717, 1.165) is 43.4 Å². The number of piperazine rings is 1. The van der Waals surface area contributed by atoms with Crippen molar-refractivity contribution in [1.82, 2.24) is 4.90 Å². The van der Waals surface area contributed by atoms with Crippen molar-refractivity contribution in [1.29, 1.82) is 0 Å². The van der Waals surface area contributed by atoms with E-state index in [9.17, 15) is 0 Å². The fourth-order valence-corrected chi connectivity index (χ4v) is 3.79. The highest BCUT2D eigenvalue weighted by molar-refractivity contribution is 6.33. The molecule has 20 heavy (non-hydrogen) atoms. The lowest BCUT2D eigenvalue weighted by Crippen LogP contribution is -2.54. The Hall–Kier alpha value is -0.770. The summed E-state index contributed by atoms with van der Waals surface area (Å²) in [6.45, 7) is 5.32. The largest absolute Gasteiger partial charge is 0.368 e. The van der Waals surface area contributed by atoms with Crippen LogP contribution in [-0.4, -0.2) is 43.2 Å². The summed E-state index contributed by atoms with van der Waals surface area (Å²) in [4.78, 5) is 4.91. The standard InChI is InChI=1S/C16H24ClN3/c17-14-5-1-2-6-15(14)20-11-9-19(10-12-20)13-16(18)7-3-4-8-16/h1-2,5-6H,3-4,7-13,18H2. The third kappa shape index (κ3) is 3.11. The molecule has 110 valence electrons. The van der Waals surface area contributed by atoms with Gasteiger partial charge in [0.15, 0.2) is 0 Å². The molecule has 1 aliphatic heterocycles. The molecular formula is C16H24ClN3. The second-order valence-electron chi connectivity index (χ2n) is 6.28. The number of anilines is 1. The van der Waals surface area contributed by atoms with Crippen LogP contribution < -0.4 is 10.6 Å². The second kappa shape index (κ2) is 5.92. The van der Waals surface area contributed by atoms with Gasteiger partial charge in [-0.3, -0.25) is 4.90 Å². The molecule has 3 rings (SSSR count). The minimum Gasteiger partial charge on any atom is -0.368 e. The van der Waals surface area contributed by atoms with Crippen molar-refractivity contribution in [2.75, 3.05) is 37.6 Å². The highest BCUT2D eigenvalue weighted by atomic mass is 35.5. The lowest BCUT2D eigenvalue weighted by Gasteiger charge is -2.39. The molecule has 0 atom stereocenters. The molecule has 0 amide bonds. The van der Waals surface area contributed by atoms with Crippen LogP contribution in [0.3, 0.4) is 0 Å². The normalized spacial score (nSPS) is 23.2. The molecule has 2 fully saturated rings. The second-order valence-corrected chi connectivity index (χ2v) is 6.69. The maximum atomic E-state index is 6.48. The van der Waals surface area contributed by atoms with Gasteiger partial charge in [-0.05, 0) is 25.0 Å². The minimum absolute atomic E-state index is 0.0760. The monoisotopic (exact) mass is 293 g/mol. The van der Waals surface area contributed by atoms with E-state index in [1.54, 1.807) is 0 Å². The maximum Gasteiger partial charge on any atom is 0.0639 e. The van der Waals surface area contributed by atoms with Crippen LogP contribution in [-0.2, 0) is 0 Å². The van der Waals surface area contributed by atoms with E-state index < -0.39 is 0 Å². The third-order valence-electron chi connectivity index (χ3n) is 4.70. The molecule has 3 nitrogen and oxygen atoms in total. The zero-order chi connectivity index (χ0) is 14.0. The molecule has 1 aromatic rings. The van der Waals surface area contributed by atoms with Crippen molar-refractivity contribution < 1.29 is 0 Å². The van der Waals surface area contributed by atoms with Gasteiger partial charge in [-0.2, -0.15) is 0 Å². The molecule has 1 heterocycles. The Bertz CT molecular complexity index is 449. The molecule has 0 spiro atoms. The zero-order valence-corrected chi connectivity index (χ0v) is 12.8. The Labute approximate surface area is 126 Å². The van der Waals surface area contributed by atoms with E-state index >= 15 is 0 Å². The average Bonchev–Trinajstić information content (AvgIpc) is 2.87. The summed E-state index contributed by atoms with van der Waals surface area (Å²) in [5.41, 5.74) is 7.72. The van der Waals surface area contributed by atoms with E-state index in [1.807, 2.05) is 12.1 Å². The van der Waals surface area contributed by atoms with Crippen LogP contribution in [0, 0.1) is 0 Å². The fraction of sp³-hybridized carbons (Fsp3) is 0.625. The number of hydrogen-bond donors (Lipinski definition) is 1. The molecule has 0 aromatic heterocycles. The van der Waals surface area contributed by atoms with Crippen LogP contribution in [0.2, 0.25) is 5.02 Å².